The lowest BCUT2D eigenvalue weighted by Gasteiger charge is -2.31. The van der Waals surface area contributed by atoms with E-state index in [1.54, 1.807) is 58.2 Å². The van der Waals surface area contributed by atoms with E-state index in [-0.39, 0.29) is 31.7 Å². The average molecular weight is 939 g/mol. The first-order valence-corrected chi connectivity index (χ1v) is 23.0. The molecule has 0 aliphatic rings. The smallest absolute Gasteiger partial charge is 0.326 e. The Morgan fingerprint density at radius 1 is 0.618 bits per heavy atom. The number of hydrogen-bond donors (Lipinski definition) is 10. The summed E-state index contributed by atoms with van der Waals surface area (Å²) in [6.07, 6.45) is 1.96. The van der Waals surface area contributed by atoms with Crippen LogP contribution < -0.4 is 37.6 Å². The molecule has 1 aromatic heterocycles. The largest absolute Gasteiger partial charge is 0.481 e. The van der Waals surface area contributed by atoms with Crippen LogP contribution in [0.15, 0.2) is 91.1 Å². The summed E-state index contributed by atoms with van der Waals surface area (Å²) in [5, 5.41) is 36.7. The SMILES string of the molecule is CC[C@H](C)[C@H](NC(=O)[C@H](CCCCN)NC(=O)[C@H](CC(=O)O)NC(=O)[C@H](CC(C)C)NC(=O)[C@@H](NC(C)=O)C(c1ccccc1)c1ccccc1)C(=O)N[C@@H](Cc1c[nH]c2ccccc12)C(=O)O. The molecule has 4 rings (SSSR count). The molecule has 3 aromatic carbocycles. The fourth-order valence-corrected chi connectivity index (χ4v) is 8.01. The second kappa shape index (κ2) is 26.3. The molecule has 0 aliphatic heterocycles. The molecule has 0 saturated heterocycles. The van der Waals surface area contributed by atoms with Gasteiger partial charge < -0.3 is 52.8 Å². The number of carboxylic acids is 2. The quantitative estimate of drug-likeness (QED) is 0.0387. The van der Waals surface area contributed by atoms with Crippen molar-refractivity contribution >= 4 is 58.3 Å². The molecule has 0 spiro atoms. The number of para-hydroxylation sites is 1. The molecular formula is C50H66N8O10. The summed E-state index contributed by atoms with van der Waals surface area (Å²) in [6.45, 7) is 8.63. The Hall–Kier alpha value is -7.08. The number of carbonyl (C=O) groups excluding carboxylic acids is 6. The lowest BCUT2D eigenvalue weighted by atomic mass is 9.84. The first-order valence-electron chi connectivity index (χ1n) is 23.0. The number of benzene rings is 3. The highest BCUT2D eigenvalue weighted by Crippen LogP contribution is 2.29. The number of aromatic nitrogens is 1. The zero-order chi connectivity index (χ0) is 49.9. The fourth-order valence-electron chi connectivity index (χ4n) is 8.01. The van der Waals surface area contributed by atoms with Crippen molar-refractivity contribution in [1.82, 2.24) is 36.9 Å². The van der Waals surface area contributed by atoms with Crippen LogP contribution >= 0.6 is 0 Å². The molecule has 4 aromatic rings. The highest BCUT2D eigenvalue weighted by Gasteiger charge is 2.37. The van der Waals surface area contributed by atoms with Gasteiger partial charge in [-0.3, -0.25) is 33.6 Å². The topological polar surface area (TPSA) is 291 Å². The maximum absolute atomic E-state index is 14.3. The lowest BCUT2D eigenvalue weighted by Crippen LogP contribution is -2.60. The molecule has 7 atom stereocenters. The molecule has 0 saturated carbocycles. The van der Waals surface area contributed by atoms with Crippen molar-refractivity contribution < 1.29 is 48.6 Å². The molecule has 0 radical (unpaired) electrons. The number of nitrogens with one attached hydrogen (secondary N) is 7. The van der Waals surface area contributed by atoms with Gasteiger partial charge in [0, 0.05) is 36.4 Å². The van der Waals surface area contributed by atoms with Gasteiger partial charge in [0.15, 0.2) is 0 Å². The zero-order valence-electron chi connectivity index (χ0n) is 39.3. The number of carbonyl (C=O) groups is 8. The van der Waals surface area contributed by atoms with Gasteiger partial charge in [0.2, 0.25) is 35.4 Å². The predicted octanol–water partition coefficient (Wildman–Crippen LogP) is 3.25. The van der Waals surface area contributed by atoms with E-state index in [0.717, 1.165) is 10.9 Å². The molecular weight excluding hydrogens is 873 g/mol. The van der Waals surface area contributed by atoms with Crippen LogP contribution in [-0.2, 0) is 44.8 Å². The normalized spacial score (nSPS) is 14.4. The van der Waals surface area contributed by atoms with Crippen molar-refractivity contribution in [3.8, 4) is 0 Å². The highest BCUT2D eigenvalue weighted by atomic mass is 16.4. The van der Waals surface area contributed by atoms with E-state index in [1.165, 1.54) is 6.92 Å². The molecule has 18 nitrogen and oxygen atoms in total. The van der Waals surface area contributed by atoms with E-state index >= 15 is 0 Å². The van der Waals surface area contributed by atoms with E-state index < -0.39 is 102 Å². The molecule has 11 N–H and O–H groups in total. The molecule has 6 amide bonds. The number of fused-ring (bicyclic) bond motifs is 1. The zero-order valence-corrected chi connectivity index (χ0v) is 39.3. The summed E-state index contributed by atoms with van der Waals surface area (Å²) >= 11 is 0. The van der Waals surface area contributed by atoms with E-state index in [4.69, 9.17) is 5.73 Å². The van der Waals surface area contributed by atoms with Gasteiger partial charge in [0.05, 0.1) is 6.42 Å². The number of aliphatic carboxylic acids is 2. The van der Waals surface area contributed by atoms with Crippen LogP contribution in [0.5, 0.6) is 0 Å². The molecule has 1 heterocycles. The van der Waals surface area contributed by atoms with Gasteiger partial charge >= 0.3 is 11.9 Å². The van der Waals surface area contributed by atoms with E-state index in [0.29, 0.717) is 36.0 Å². The van der Waals surface area contributed by atoms with Gasteiger partial charge in [-0.05, 0) is 66.8 Å². The Morgan fingerprint density at radius 2 is 1.15 bits per heavy atom. The average Bonchev–Trinajstić information content (AvgIpc) is 3.71. The van der Waals surface area contributed by atoms with Crippen LogP contribution in [0.4, 0.5) is 0 Å². The van der Waals surface area contributed by atoms with Gasteiger partial charge in [0.1, 0.15) is 36.3 Å². The van der Waals surface area contributed by atoms with E-state index in [2.05, 4.69) is 36.9 Å². The Labute approximate surface area is 396 Å². The van der Waals surface area contributed by atoms with Crippen molar-refractivity contribution in [3.63, 3.8) is 0 Å². The van der Waals surface area contributed by atoms with Crippen LogP contribution in [0.25, 0.3) is 10.9 Å². The number of aromatic amines is 1. The Kier molecular flexibility index (Phi) is 20.7. The molecule has 18 heteroatoms. The van der Waals surface area contributed by atoms with E-state index in [9.17, 15) is 48.6 Å². The van der Waals surface area contributed by atoms with Gasteiger partial charge in [-0.15, -0.1) is 0 Å². The summed E-state index contributed by atoms with van der Waals surface area (Å²) in [5.41, 5.74) is 8.62. The monoisotopic (exact) mass is 938 g/mol. The summed E-state index contributed by atoms with van der Waals surface area (Å²) < 4.78 is 0. The second-order valence-corrected chi connectivity index (χ2v) is 17.5. The van der Waals surface area contributed by atoms with Gasteiger partial charge in [0.25, 0.3) is 0 Å². The molecule has 0 aliphatic carbocycles. The second-order valence-electron chi connectivity index (χ2n) is 17.5. The Bertz CT molecular complexity index is 2300. The first-order chi connectivity index (χ1) is 32.4. The summed E-state index contributed by atoms with van der Waals surface area (Å²) in [6, 6.07) is 17.2. The van der Waals surface area contributed by atoms with Crippen molar-refractivity contribution in [1.29, 1.82) is 0 Å². The van der Waals surface area contributed by atoms with Gasteiger partial charge in [-0.2, -0.15) is 0 Å². The first kappa shape index (κ1) is 53.5. The standard InChI is InChI=1S/C50H66N8O10/c1-6-30(4)43(48(65)57-40(50(67)68)26-34-28-52-36-22-14-13-21-35(34)36)58-45(62)37(23-15-16-24-51)54-47(64)39(27-41(60)61)55-46(63)38(25-29(2)3)56-49(66)44(53-31(5)59)42(32-17-9-7-10-18-32)33-19-11-8-12-20-33/h7-14,17-22,28-30,37-40,42-44,52H,6,15-16,23-27,51H2,1-5H3,(H,53,59)(H,54,64)(H,55,63)(H,56,66)(H,57,65)(H,58,62)(H,60,61)(H,67,68)/t30-,37-,38-,39-,40-,43-,44-/m0/s1. The maximum Gasteiger partial charge on any atom is 0.326 e. The summed E-state index contributed by atoms with van der Waals surface area (Å²) in [7, 11) is 0. The van der Waals surface area contributed by atoms with Crippen molar-refractivity contribution in [2.45, 2.75) is 122 Å². The third-order valence-corrected chi connectivity index (χ3v) is 11.7. The van der Waals surface area contributed by atoms with Crippen LogP contribution in [0.2, 0.25) is 0 Å². The third-order valence-electron chi connectivity index (χ3n) is 11.7. The van der Waals surface area contributed by atoms with Crippen molar-refractivity contribution in [3.05, 3.63) is 108 Å². The number of H-pyrrole nitrogens is 1. The number of unbranched alkanes of at least 4 members (excludes halogenated alkanes) is 1. The summed E-state index contributed by atoms with van der Waals surface area (Å²) in [5.74, 6) is -8.82. The van der Waals surface area contributed by atoms with Crippen molar-refractivity contribution in [2.24, 2.45) is 17.6 Å². The van der Waals surface area contributed by atoms with Gasteiger partial charge in [-0.25, -0.2) is 4.79 Å². The lowest BCUT2D eigenvalue weighted by molar-refractivity contribution is -0.142. The molecule has 0 unspecified atom stereocenters. The third kappa shape index (κ3) is 15.8. The minimum absolute atomic E-state index is 0.0102. The minimum Gasteiger partial charge on any atom is -0.481 e. The molecule has 0 fully saturated rings. The molecule has 366 valence electrons. The fraction of sp³-hybridized carbons (Fsp3) is 0.440. The van der Waals surface area contributed by atoms with Crippen LogP contribution in [0, 0.1) is 11.8 Å². The molecule has 68 heavy (non-hydrogen) atoms. The number of nitrogens with two attached hydrogens (primary N) is 1. The number of rotatable bonds is 27. The number of carboxylic acid groups (broad SMARTS) is 2. The summed E-state index contributed by atoms with van der Waals surface area (Å²) in [4.78, 5) is 111. The highest BCUT2D eigenvalue weighted by molar-refractivity contribution is 5.98. The van der Waals surface area contributed by atoms with Crippen LogP contribution in [0.1, 0.15) is 95.8 Å². The van der Waals surface area contributed by atoms with Gasteiger partial charge in [-0.1, -0.05) is 113 Å². The van der Waals surface area contributed by atoms with Crippen LogP contribution in [-0.4, -0.2) is 105 Å². The van der Waals surface area contributed by atoms with E-state index in [1.807, 2.05) is 60.7 Å². The minimum atomic E-state index is -1.74. The number of amides is 6. The van der Waals surface area contributed by atoms with Crippen LogP contribution in [0.3, 0.4) is 0 Å². The molecule has 0 bridgehead atoms. The predicted molar refractivity (Wildman–Crippen MR) is 256 cm³/mol. The van der Waals surface area contributed by atoms with Crippen molar-refractivity contribution in [2.75, 3.05) is 6.54 Å². The Balaban J connectivity index is 1.56. The Morgan fingerprint density at radius 3 is 1.71 bits per heavy atom. The maximum atomic E-state index is 14.3. The number of hydrogen-bond acceptors (Lipinski definition) is 9.